The summed E-state index contributed by atoms with van der Waals surface area (Å²) in [4.78, 5) is 0. The van der Waals surface area contributed by atoms with E-state index in [0.29, 0.717) is 0 Å². The molecule has 2 aromatic rings. The average Bonchev–Trinajstić information content (AvgIpc) is 2.63. The maximum absolute atomic E-state index is 7.68. The van der Waals surface area contributed by atoms with Crippen LogP contribution in [0.2, 0.25) is 78.6 Å². The molecule has 2 aromatic carbocycles. The maximum atomic E-state index is 7.68. The lowest BCUT2D eigenvalue weighted by atomic mass is 10.1. The fourth-order valence-corrected chi connectivity index (χ4v) is 51.3. The highest BCUT2D eigenvalue weighted by Crippen LogP contribution is 3.03. The number of aryl methyl sites for hydroxylation is 2. The molecule has 1 aliphatic heterocycles. The van der Waals surface area contributed by atoms with Gasteiger partial charge in [-0.2, -0.15) is 0 Å². The minimum Gasteiger partial charge on any atom is -0.401 e. The predicted molar refractivity (Wildman–Crippen MR) is 175 cm³/mol. The second-order valence-electron chi connectivity index (χ2n) is 14.4. The predicted octanol–water partition coefficient (Wildman–Crippen LogP) is 10.6. The monoisotopic (exact) mass is 592 g/mol. The van der Waals surface area contributed by atoms with Gasteiger partial charge in [-0.05, 0) is 79.2 Å². The van der Waals surface area contributed by atoms with Crippen LogP contribution in [0.1, 0.15) is 22.3 Å². The topological polar surface area (TPSA) is 18.5 Å². The Bertz CT molecular complexity index is 964. The quantitative estimate of drug-likeness (QED) is 0.224. The van der Waals surface area contributed by atoms with E-state index in [1.54, 1.807) is 0 Å². The molecule has 0 unspecified atom stereocenters. The van der Waals surface area contributed by atoms with Crippen molar-refractivity contribution in [2.75, 3.05) is 0 Å². The molecule has 0 atom stereocenters. The van der Waals surface area contributed by atoms with Crippen molar-refractivity contribution in [3.05, 3.63) is 70.8 Å². The van der Waals surface area contributed by atoms with Crippen molar-refractivity contribution in [1.29, 1.82) is 0 Å². The zero-order chi connectivity index (χ0) is 27.5. The second kappa shape index (κ2) is 9.93. The summed E-state index contributed by atoms with van der Waals surface area (Å²) < 4.78 is 15.4. The van der Waals surface area contributed by atoms with Crippen molar-refractivity contribution >= 4 is 47.1 Å². The summed E-state index contributed by atoms with van der Waals surface area (Å²) in [5.41, 5.74) is 5.50. The molecule has 0 spiro atoms. The Morgan fingerprint density at radius 2 is 0.722 bits per heavy atom. The van der Waals surface area contributed by atoms with Gasteiger partial charge in [0.1, 0.15) is 10.2 Å². The highest BCUT2D eigenvalue weighted by Gasteiger charge is 2.79. The number of rotatable bonds is 8. The summed E-state index contributed by atoms with van der Waals surface area (Å²) in [5, 5.41) is -0.384. The van der Waals surface area contributed by atoms with E-state index in [0.717, 1.165) is 0 Å². The Hall–Kier alpha value is 0.0875. The van der Waals surface area contributed by atoms with Gasteiger partial charge in [-0.3, -0.25) is 0 Å². The van der Waals surface area contributed by atoms with Gasteiger partial charge in [0, 0.05) is 0 Å². The minimum atomic E-state index is -1.90. The van der Waals surface area contributed by atoms with Crippen LogP contribution in [0, 0.1) is 13.8 Å². The van der Waals surface area contributed by atoms with Gasteiger partial charge in [-0.1, -0.05) is 98.9 Å². The molecule has 0 N–H and O–H groups in total. The Labute approximate surface area is 228 Å². The molecule has 8 heteroatoms. The van der Waals surface area contributed by atoms with Crippen LogP contribution in [-0.2, 0) is 19.0 Å². The van der Waals surface area contributed by atoms with Crippen LogP contribution in [0.25, 0.3) is 0 Å². The molecule has 1 fully saturated rings. The third-order valence-electron chi connectivity index (χ3n) is 6.31. The molecule has 0 radical (unpaired) electrons. The summed E-state index contributed by atoms with van der Waals surface area (Å²) >= 11 is 0. The summed E-state index contributed by atoms with van der Waals surface area (Å²) in [5.74, 6) is 0. The van der Waals surface area contributed by atoms with E-state index in [2.05, 4.69) is 141 Å². The van der Waals surface area contributed by atoms with Crippen molar-refractivity contribution in [3.8, 4) is 0 Å². The first kappa shape index (κ1) is 30.6. The van der Waals surface area contributed by atoms with Gasteiger partial charge < -0.3 is 8.85 Å². The van der Waals surface area contributed by atoms with E-state index in [4.69, 9.17) is 8.85 Å². The minimum absolute atomic E-state index is 0.192. The lowest BCUT2D eigenvalue weighted by Crippen LogP contribution is -2.63. The van der Waals surface area contributed by atoms with E-state index >= 15 is 0 Å². The van der Waals surface area contributed by atoms with Gasteiger partial charge in [0.15, 0.2) is 16.6 Å². The number of benzene rings is 2. The Morgan fingerprint density at radius 1 is 0.472 bits per heavy atom. The third-order valence-corrected chi connectivity index (χ3v) is 31.8. The van der Waals surface area contributed by atoms with Gasteiger partial charge in [-0.25, -0.2) is 0 Å². The lowest BCUT2D eigenvalue weighted by Gasteiger charge is -2.76. The molecule has 0 bridgehead atoms. The maximum Gasteiger partial charge on any atom is 0.185 e. The smallest absolute Gasteiger partial charge is 0.185 e. The number of hydrogen-bond donors (Lipinski definition) is 0. The summed E-state index contributed by atoms with van der Waals surface area (Å²) in [7, 11) is -8.54. The van der Waals surface area contributed by atoms with E-state index in [9.17, 15) is 0 Å². The van der Waals surface area contributed by atoms with Crippen LogP contribution in [0.3, 0.4) is 0 Å². The van der Waals surface area contributed by atoms with Crippen molar-refractivity contribution < 1.29 is 8.85 Å². The molecule has 1 saturated heterocycles. The normalized spacial score (nSPS) is 27.6. The second-order valence-corrected chi connectivity index (χ2v) is 47.2. The Balaban J connectivity index is 2.51. The summed E-state index contributed by atoms with van der Waals surface area (Å²) in [6.07, 6.45) is 0. The fraction of sp³-hybridized carbons (Fsp3) is 0.571. The molecule has 0 aliphatic carbocycles. The highest BCUT2D eigenvalue weighted by molar-refractivity contribution is 8.21. The largest absolute Gasteiger partial charge is 0.401 e. The average molecular weight is 593 g/mol. The van der Waals surface area contributed by atoms with Crippen LogP contribution in [-0.4, -0.2) is 32.1 Å². The lowest BCUT2D eigenvalue weighted by molar-refractivity contribution is 0.169. The molecule has 1 aliphatic rings. The summed E-state index contributed by atoms with van der Waals surface area (Å²) in [6.45, 7) is 34.3. The fourth-order valence-electron chi connectivity index (χ4n) is 5.60. The van der Waals surface area contributed by atoms with Gasteiger partial charge in [-0.15, -0.1) is 0 Å². The standard InChI is InChI=1S/C28H50O2P2Si4/c1-23-15-19-25(20-16-23)27(29-33(3,4)5)31(35(9,10)11)28(30-34(6,7)8,32(27)36(12,13)14)26-21-17-24(2)18-22-26/h15-22H,1-14H3. The Morgan fingerprint density at radius 3 is 0.917 bits per heavy atom. The highest BCUT2D eigenvalue weighted by atomic mass is 31.5. The molecule has 0 saturated carbocycles. The Kier molecular flexibility index (Phi) is 8.44. The van der Waals surface area contributed by atoms with Gasteiger partial charge in [0.05, 0.1) is 15.5 Å². The molecule has 0 aromatic heterocycles. The van der Waals surface area contributed by atoms with Crippen LogP contribution < -0.4 is 0 Å². The van der Waals surface area contributed by atoms with Crippen LogP contribution >= 0.6 is 14.9 Å². The summed E-state index contributed by atoms with van der Waals surface area (Å²) in [6, 6.07) is 18.9. The molecule has 2 nitrogen and oxygen atoms in total. The van der Waals surface area contributed by atoms with Crippen molar-refractivity contribution in [1.82, 2.24) is 0 Å². The van der Waals surface area contributed by atoms with Crippen LogP contribution in [0.5, 0.6) is 0 Å². The molecule has 3 rings (SSSR count). The van der Waals surface area contributed by atoms with E-state index < -0.39 is 47.1 Å². The number of hydrogen-bond acceptors (Lipinski definition) is 2. The van der Waals surface area contributed by atoms with Crippen molar-refractivity contribution in [3.63, 3.8) is 0 Å². The molecular formula is C28H50O2P2Si4. The first-order valence-electron chi connectivity index (χ1n) is 13.3. The zero-order valence-corrected chi connectivity index (χ0v) is 31.1. The van der Waals surface area contributed by atoms with E-state index in [1.165, 1.54) is 22.3 Å². The molecular weight excluding hydrogens is 543 g/mol. The first-order valence-corrected chi connectivity index (χ1v) is 31.5. The van der Waals surface area contributed by atoms with Crippen LogP contribution in [0.4, 0.5) is 0 Å². The van der Waals surface area contributed by atoms with Gasteiger partial charge in [0.25, 0.3) is 0 Å². The third kappa shape index (κ3) is 5.82. The van der Waals surface area contributed by atoms with E-state index in [-0.39, 0.29) is 10.2 Å². The molecule has 36 heavy (non-hydrogen) atoms. The van der Waals surface area contributed by atoms with Crippen molar-refractivity contribution in [2.45, 2.75) is 103 Å². The zero-order valence-electron chi connectivity index (χ0n) is 25.3. The van der Waals surface area contributed by atoms with Gasteiger partial charge in [0.2, 0.25) is 0 Å². The van der Waals surface area contributed by atoms with E-state index in [1.807, 2.05) is 0 Å². The van der Waals surface area contributed by atoms with Gasteiger partial charge >= 0.3 is 0 Å². The molecule has 0 amide bonds. The SMILES string of the molecule is Cc1ccc(C2(O[Si](C)(C)C)P([Si](C)(C)C)C(O[Si](C)(C)C)(c3ccc(C)cc3)P2[Si](C)(C)C)cc1. The van der Waals surface area contributed by atoms with Crippen LogP contribution in [0.15, 0.2) is 48.5 Å². The van der Waals surface area contributed by atoms with Crippen molar-refractivity contribution in [2.24, 2.45) is 0 Å². The molecule has 200 valence electrons. The first-order chi connectivity index (χ1) is 16.1. The molecule has 1 heterocycles.